The Bertz CT molecular complexity index is 354. The third-order valence-electron chi connectivity index (χ3n) is 2.09. The molecule has 0 aromatic heterocycles. The van der Waals surface area contributed by atoms with Crippen molar-refractivity contribution in [2.24, 2.45) is 0 Å². The fourth-order valence-electron chi connectivity index (χ4n) is 1.18. The lowest BCUT2D eigenvalue weighted by Crippen LogP contribution is -2.28. The Morgan fingerprint density at radius 2 is 2.21 bits per heavy atom. The molecule has 0 fully saturated rings. The number of rotatable bonds is 2. The maximum atomic E-state index is 13.1. The summed E-state index contributed by atoms with van der Waals surface area (Å²) in [4.78, 5) is 12.6. The molecule has 0 aliphatic carbocycles. The van der Waals surface area contributed by atoms with Gasteiger partial charge in [0.15, 0.2) is 0 Å². The first-order chi connectivity index (χ1) is 6.57. The lowest BCUT2D eigenvalue weighted by molar-refractivity contribution is -0.116. The lowest BCUT2D eigenvalue weighted by Gasteiger charge is -2.18. The predicted octanol–water partition coefficient (Wildman–Crippen LogP) is 2.34. The van der Waals surface area contributed by atoms with Crippen molar-refractivity contribution in [2.75, 3.05) is 17.8 Å². The Labute approximate surface area is 87.3 Å². The maximum absolute atomic E-state index is 13.1. The Morgan fingerprint density at radius 1 is 1.57 bits per heavy atom. The molecule has 0 aliphatic rings. The van der Waals surface area contributed by atoms with Crippen molar-refractivity contribution in [3.8, 4) is 0 Å². The Balaban J connectivity index is 3.07. The molecule has 2 nitrogen and oxygen atoms in total. The van der Waals surface area contributed by atoms with Gasteiger partial charge in [0.25, 0.3) is 0 Å². The summed E-state index contributed by atoms with van der Waals surface area (Å²) in [5, 5.41) is 0. The van der Waals surface area contributed by atoms with E-state index in [2.05, 4.69) is 0 Å². The molecule has 1 amide bonds. The molecule has 0 radical (unpaired) electrons. The average molecular weight is 216 g/mol. The zero-order valence-electron chi connectivity index (χ0n) is 8.05. The first-order valence-electron chi connectivity index (χ1n) is 4.15. The van der Waals surface area contributed by atoms with Gasteiger partial charge in [-0.25, -0.2) is 4.39 Å². The summed E-state index contributed by atoms with van der Waals surface area (Å²) < 4.78 is 13.1. The Hall–Kier alpha value is -1.09. The van der Waals surface area contributed by atoms with Gasteiger partial charge in [-0.1, -0.05) is 6.07 Å². The van der Waals surface area contributed by atoms with Crippen LogP contribution in [-0.4, -0.2) is 18.8 Å². The Morgan fingerprint density at radius 3 is 2.79 bits per heavy atom. The molecule has 4 heteroatoms. The van der Waals surface area contributed by atoms with Gasteiger partial charge in [0, 0.05) is 18.3 Å². The van der Waals surface area contributed by atoms with Crippen LogP contribution in [0.1, 0.15) is 5.56 Å². The first kappa shape index (κ1) is 11.0. The minimum atomic E-state index is -0.322. The second-order valence-electron chi connectivity index (χ2n) is 2.97. The van der Waals surface area contributed by atoms with Gasteiger partial charge in [-0.05, 0) is 19.1 Å². The van der Waals surface area contributed by atoms with Crippen LogP contribution in [0.3, 0.4) is 0 Å². The van der Waals surface area contributed by atoms with E-state index in [4.69, 9.17) is 11.6 Å². The molecule has 76 valence electrons. The number of hydrogen-bond acceptors (Lipinski definition) is 1. The van der Waals surface area contributed by atoms with Crippen LogP contribution in [0.2, 0.25) is 0 Å². The van der Waals surface area contributed by atoms with Crippen LogP contribution in [0.25, 0.3) is 0 Å². The van der Waals surface area contributed by atoms with Crippen molar-refractivity contribution in [2.45, 2.75) is 6.92 Å². The summed E-state index contributed by atoms with van der Waals surface area (Å²) in [6.07, 6.45) is 0. The smallest absolute Gasteiger partial charge is 0.241 e. The van der Waals surface area contributed by atoms with Gasteiger partial charge in [0.05, 0.1) is 0 Å². The number of hydrogen-bond donors (Lipinski definition) is 0. The van der Waals surface area contributed by atoms with E-state index >= 15 is 0 Å². The molecule has 0 saturated heterocycles. The first-order valence-corrected chi connectivity index (χ1v) is 4.69. The van der Waals surface area contributed by atoms with E-state index in [1.165, 1.54) is 11.0 Å². The van der Waals surface area contributed by atoms with Crippen LogP contribution in [-0.2, 0) is 4.79 Å². The second kappa shape index (κ2) is 4.42. The standard InChI is InChI=1S/C10H11ClFNO/c1-7-8(12)4-3-5-9(7)13(2)10(14)6-11/h3-5H,6H2,1-2H3. The third kappa shape index (κ3) is 2.04. The molecule has 0 heterocycles. The van der Waals surface area contributed by atoms with Gasteiger partial charge >= 0.3 is 0 Å². The molecule has 0 aliphatic heterocycles. The van der Waals surface area contributed by atoms with E-state index in [1.807, 2.05) is 0 Å². The molecule has 0 N–H and O–H groups in total. The molecule has 0 unspecified atom stereocenters. The zero-order valence-corrected chi connectivity index (χ0v) is 8.81. The van der Waals surface area contributed by atoms with Crippen LogP contribution in [0.15, 0.2) is 18.2 Å². The van der Waals surface area contributed by atoms with Crippen LogP contribution >= 0.6 is 11.6 Å². The number of carbonyl (C=O) groups is 1. The second-order valence-corrected chi connectivity index (χ2v) is 3.24. The minimum Gasteiger partial charge on any atom is -0.314 e. The van der Waals surface area contributed by atoms with Crippen LogP contribution < -0.4 is 4.90 Å². The van der Waals surface area contributed by atoms with Crippen molar-refractivity contribution in [1.82, 2.24) is 0 Å². The van der Waals surface area contributed by atoms with Crippen LogP contribution in [0, 0.1) is 12.7 Å². The summed E-state index contributed by atoms with van der Waals surface area (Å²) in [5.41, 5.74) is 1.00. The topological polar surface area (TPSA) is 20.3 Å². The number of amides is 1. The monoisotopic (exact) mass is 215 g/mol. The van der Waals surface area contributed by atoms with Crippen molar-refractivity contribution in [1.29, 1.82) is 0 Å². The number of anilines is 1. The van der Waals surface area contributed by atoms with Gasteiger partial charge in [0.2, 0.25) is 5.91 Å². The predicted molar refractivity (Wildman–Crippen MR) is 55.3 cm³/mol. The van der Waals surface area contributed by atoms with Gasteiger partial charge < -0.3 is 4.90 Å². The van der Waals surface area contributed by atoms with Crippen molar-refractivity contribution in [3.63, 3.8) is 0 Å². The fourth-order valence-corrected chi connectivity index (χ4v) is 1.36. The highest BCUT2D eigenvalue weighted by molar-refractivity contribution is 6.29. The summed E-state index contributed by atoms with van der Waals surface area (Å²) in [6.45, 7) is 1.63. The highest BCUT2D eigenvalue weighted by Gasteiger charge is 2.13. The lowest BCUT2D eigenvalue weighted by atomic mass is 10.2. The number of alkyl halides is 1. The van der Waals surface area contributed by atoms with Gasteiger partial charge in [-0.15, -0.1) is 11.6 Å². The molecule has 1 aromatic carbocycles. The van der Waals surface area contributed by atoms with Crippen molar-refractivity contribution >= 4 is 23.2 Å². The minimum absolute atomic E-state index is 0.105. The fraction of sp³-hybridized carbons (Fsp3) is 0.300. The Kier molecular flexibility index (Phi) is 3.47. The van der Waals surface area contributed by atoms with Crippen LogP contribution in [0.5, 0.6) is 0 Å². The average Bonchev–Trinajstić information content (AvgIpc) is 2.20. The summed E-state index contributed by atoms with van der Waals surface area (Å²) in [7, 11) is 1.58. The SMILES string of the molecule is Cc1c(F)cccc1N(C)C(=O)CCl. The third-order valence-corrected chi connectivity index (χ3v) is 2.32. The van der Waals surface area contributed by atoms with E-state index in [-0.39, 0.29) is 17.6 Å². The normalized spacial score (nSPS) is 10.0. The molecule has 1 rings (SSSR count). The van der Waals surface area contributed by atoms with E-state index in [0.717, 1.165) is 0 Å². The van der Waals surface area contributed by atoms with Crippen molar-refractivity contribution < 1.29 is 9.18 Å². The van der Waals surface area contributed by atoms with Gasteiger partial charge in [-0.3, -0.25) is 4.79 Å². The van der Waals surface area contributed by atoms with Gasteiger partial charge in [0.1, 0.15) is 11.7 Å². The van der Waals surface area contributed by atoms with E-state index in [0.29, 0.717) is 11.3 Å². The highest BCUT2D eigenvalue weighted by atomic mass is 35.5. The number of nitrogens with zero attached hydrogens (tertiary/aromatic N) is 1. The van der Waals surface area contributed by atoms with Crippen molar-refractivity contribution in [3.05, 3.63) is 29.6 Å². The van der Waals surface area contributed by atoms with E-state index in [1.54, 1.807) is 26.1 Å². The number of carbonyl (C=O) groups excluding carboxylic acids is 1. The molecular weight excluding hydrogens is 205 g/mol. The molecule has 1 aromatic rings. The largest absolute Gasteiger partial charge is 0.314 e. The quantitative estimate of drug-likeness (QED) is 0.694. The summed E-state index contributed by atoms with van der Waals surface area (Å²) in [5.74, 6) is -0.677. The highest BCUT2D eigenvalue weighted by Crippen LogP contribution is 2.21. The number of benzene rings is 1. The molecule has 0 spiro atoms. The molecule has 0 atom stereocenters. The summed E-state index contributed by atoms with van der Waals surface area (Å²) in [6, 6.07) is 4.61. The molecule has 0 bridgehead atoms. The zero-order chi connectivity index (χ0) is 10.7. The molecule has 14 heavy (non-hydrogen) atoms. The maximum Gasteiger partial charge on any atom is 0.241 e. The van der Waals surface area contributed by atoms with Crippen LogP contribution in [0.4, 0.5) is 10.1 Å². The molecule has 0 saturated carbocycles. The number of halogens is 2. The van der Waals surface area contributed by atoms with E-state index in [9.17, 15) is 9.18 Å². The van der Waals surface area contributed by atoms with E-state index < -0.39 is 0 Å². The van der Waals surface area contributed by atoms with Gasteiger partial charge in [-0.2, -0.15) is 0 Å². The summed E-state index contributed by atoms with van der Waals surface area (Å²) >= 11 is 5.40. The molecular formula is C10H11ClFNO.